The summed E-state index contributed by atoms with van der Waals surface area (Å²) in [5.74, 6) is 0. The van der Waals surface area contributed by atoms with E-state index in [2.05, 4.69) is 0 Å². The molecule has 0 bridgehead atoms. The summed E-state index contributed by atoms with van der Waals surface area (Å²) >= 11 is 0. The van der Waals surface area contributed by atoms with Gasteiger partial charge in [0.05, 0.1) is 0 Å². The van der Waals surface area contributed by atoms with Crippen molar-refractivity contribution in [2.75, 3.05) is 7.05 Å². The number of hydrogen-bond donors (Lipinski definition) is 1. The van der Waals surface area contributed by atoms with Crippen LogP contribution in [0.1, 0.15) is 33.6 Å². The van der Waals surface area contributed by atoms with Crippen molar-refractivity contribution in [3.8, 4) is 0 Å². The molecule has 1 aliphatic rings. The van der Waals surface area contributed by atoms with Gasteiger partial charge >= 0.3 is 6.09 Å². The number of carbonyl (C=O) groups excluding carboxylic acids is 1. The molecule has 0 radical (unpaired) electrons. The van der Waals surface area contributed by atoms with Crippen LogP contribution in [0.25, 0.3) is 0 Å². The molecule has 0 spiro atoms. The molecule has 1 amide bonds. The van der Waals surface area contributed by atoms with Crippen molar-refractivity contribution in [2.45, 2.75) is 44.9 Å². The SMILES string of the molecule is CN(C(=O)OC(C)(C)C)C1(O)CC1. The monoisotopic (exact) mass is 187 g/mol. The molecule has 0 aromatic rings. The maximum absolute atomic E-state index is 11.4. The lowest BCUT2D eigenvalue weighted by atomic mass is 10.2. The topological polar surface area (TPSA) is 49.8 Å². The molecule has 0 unspecified atom stereocenters. The Morgan fingerprint density at radius 3 is 2.23 bits per heavy atom. The molecule has 0 heterocycles. The van der Waals surface area contributed by atoms with E-state index in [-0.39, 0.29) is 0 Å². The number of amides is 1. The van der Waals surface area contributed by atoms with Gasteiger partial charge in [-0.25, -0.2) is 4.79 Å². The average Bonchev–Trinajstić information content (AvgIpc) is 2.64. The van der Waals surface area contributed by atoms with Gasteiger partial charge in [0.1, 0.15) is 11.3 Å². The van der Waals surface area contributed by atoms with E-state index >= 15 is 0 Å². The number of carbonyl (C=O) groups is 1. The van der Waals surface area contributed by atoms with Gasteiger partial charge in [0.15, 0.2) is 0 Å². The van der Waals surface area contributed by atoms with Crippen molar-refractivity contribution in [2.24, 2.45) is 0 Å². The fraction of sp³-hybridized carbons (Fsp3) is 0.889. The summed E-state index contributed by atoms with van der Waals surface area (Å²) in [6.07, 6.45) is 0.818. The Morgan fingerprint density at radius 1 is 1.46 bits per heavy atom. The van der Waals surface area contributed by atoms with Gasteiger partial charge in [0, 0.05) is 7.05 Å². The molecule has 1 aliphatic carbocycles. The molecule has 0 aromatic heterocycles. The first-order valence-electron chi connectivity index (χ1n) is 4.44. The maximum atomic E-state index is 11.4. The number of nitrogens with zero attached hydrogens (tertiary/aromatic N) is 1. The van der Waals surface area contributed by atoms with Crippen LogP contribution in [0.5, 0.6) is 0 Å². The molecule has 76 valence electrons. The molecule has 0 aliphatic heterocycles. The Bertz CT molecular complexity index is 215. The van der Waals surface area contributed by atoms with Crippen LogP contribution in [0.15, 0.2) is 0 Å². The van der Waals surface area contributed by atoms with Crippen molar-refractivity contribution in [3.05, 3.63) is 0 Å². The minimum absolute atomic E-state index is 0.465. The lowest BCUT2D eigenvalue weighted by Crippen LogP contribution is -2.42. The van der Waals surface area contributed by atoms with E-state index in [1.54, 1.807) is 27.8 Å². The summed E-state index contributed by atoms with van der Waals surface area (Å²) in [7, 11) is 1.56. The molecule has 1 saturated carbocycles. The number of rotatable bonds is 1. The molecular weight excluding hydrogens is 170 g/mol. The predicted octanol–water partition coefficient (Wildman–Crippen LogP) is 1.34. The van der Waals surface area contributed by atoms with Crippen LogP contribution in [0.4, 0.5) is 4.79 Å². The van der Waals surface area contributed by atoms with E-state index in [0.717, 1.165) is 0 Å². The molecule has 4 heteroatoms. The normalized spacial score (nSPS) is 19.5. The Hall–Kier alpha value is -0.770. The molecule has 1 rings (SSSR count). The highest BCUT2D eigenvalue weighted by atomic mass is 16.6. The zero-order valence-corrected chi connectivity index (χ0v) is 8.63. The first kappa shape index (κ1) is 10.3. The third-order valence-corrected chi connectivity index (χ3v) is 1.99. The van der Waals surface area contributed by atoms with E-state index in [9.17, 15) is 9.90 Å². The van der Waals surface area contributed by atoms with Crippen molar-refractivity contribution in [3.63, 3.8) is 0 Å². The van der Waals surface area contributed by atoms with Crippen molar-refractivity contribution >= 4 is 6.09 Å². The Balaban J connectivity index is 2.49. The van der Waals surface area contributed by atoms with Crippen LogP contribution in [0.3, 0.4) is 0 Å². The van der Waals surface area contributed by atoms with Gasteiger partial charge in [-0.2, -0.15) is 0 Å². The highest BCUT2D eigenvalue weighted by Crippen LogP contribution is 2.38. The van der Waals surface area contributed by atoms with Crippen molar-refractivity contribution < 1.29 is 14.6 Å². The fourth-order valence-corrected chi connectivity index (χ4v) is 0.948. The van der Waals surface area contributed by atoms with Crippen molar-refractivity contribution in [1.82, 2.24) is 4.90 Å². The molecule has 1 fully saturated rings. The van der Waals surface area contributed by atoms with E-state index in [0.29, 0.717) is 12.8 Å². The van der Waals surface area contributed by atoms with E-state index in [1.165, 1.54) is 4.90 Å². The van der Waals surface area contributed by atoms with Crippen LogP contribution in [0.2, 0.25) is 0 Å². The van der Waals surface area contributed by atoms with Gasteiger partial charge < -0.3 is 9.84 Å². The maximum Gasteiger partial charge on any atom is 0.412 e. The van der Waals surface area contributed by atoms with Crippen LogP contribution in [-0.4, -0.2) is 34.5 Å². The van der Waals surface area contributed by atoms with Crippen LogP contribution in [-0.2, 0) is 4.74 Å². The molecule has 4 nitrogen and oxygen atoms in total. The van der Waals surface area contributed by atoms with Gasteiger partial charge in [-0.05, 0) is 33.6 Å². The summed E-state index contributed by atoms with van der Waals surface area (Å²) in [6, 6.07) is 0. The fourth-order valence-electron chi connectivity index (χ4n) is 0.948. The number of aliphatic hydroxyl groups is 1. The molecule has 0 saturated heterocycles. The Morgan fingerprint density at radius 2 is 1.92 bits per heavy atom. The van der Waals surface area contributed by atoms with Crippen LogP contribution < -0.4 is 0 Å². The van der Waals surface area contributed by atoms with Crippen LogP contribution >= 0.6 is 0 Å². The summed E-state index contributed by atoms with van der Waals surface area (Å²) in [5.41, 5.74) is -1.45. The molecule has 1 N–H and O–H groups in total. The second-order valence-corrected chi connectivity index (χ2v) is 4.52. The number of hydrogen-bond acceptors (Lipinski definition) is 3. The van der Waals surface area contributed by atoms with Gasteiger partial charge in [-0.15, -0.1) is 0 Å². The van der Waals surface area contributed by atoms with Gasteiger partial charge in [0.25, 0.3) is 0 Å². The lowest BCUT2D eigenvalue weighted by molar-refractivity contribution is -0.0329. The quantitative estimate of drug-likeness (QED) is 0.630. The second-order valence-electron chi connectivity index (χ2n) is 4.52. The lowest BCUT2D eigenvalue weighted by Gasteiger charge is -2.27. The molecule has 13 heavy (non-hydrogen) atoms. The molecular formula is C9H17NO3. The average molecular weight is 187 g/mol. The van der Waals surface area contributed by atoms with Gasteiger partial charge in [-0.1, -0.05) is 0 Å². The van der Waals surface area contributed by atoms with Gasteiger partial charge in [-0.3, -0.25) is 4.90 Å². The third kappa shape index (κ3) is 2.59. The first-order chi connectivity index (χ1) is 5.75. The minimum atomic E-state index is -0.942. The van der Waals surface area contributed by atoms with Crippen molar-refractivity contribution in [1.29, 1.82) is 0 Å². The highest BCUT2D eigenvalue weighted by molar-refractivity contribution is 5.69. The largest absolute Gasteiger partial charge is 0.444 e. The standard InChI is InChI=1S/C9H17NO3/c1-8(2,3)13-7(11)10(4)9(12)5-6-9/h12H,5-6H2,1-4H3. The predicted molar refractivity (Wildman–Crippen MR) is 48.2 cm³/mol. The smallest absolute Gasteiger partial charge is 0.412 e. The van der Waals surface area contributed by atoms with Crippen LogP contribution in [0, 0.1) is 0 Å². The summed E-state index contributed by atoms with van der Waals surface area (Å²) in [6.45, 7) is 5.40. The number of ether oxygens (including phenoxy) is 1. The van der Waals surface area contributed by atoms with E-state index in [4.69, 9.17) is 4.74 Å². The zero-order valence-electron chi connectivity index (χ0n) is 8.63. The molecule has 0 atom stereocenters. The summed E-state index contributed by atoms with van der Waals surface area (Å²) < 4.78 is 5.09. The zero-order chi connectivity index (χ0) is 10.3. The minimum Gasteiger partial charge on any atom is -0.444 e. The molecule has 0 aromatic carbocycles. The second kappa shape index (κ2) is 2.87. The highest BCUT2D eigenvalue weighted by Gasteiger charge is 2.48. The van der Waals surface area contributed by atoms with E-state index in [1.807, 2.05) is 0 Å². The summed E-state index contributed by atoms with van der Waals surface area (Å²) in [4.78, 5) is 12.7. The Labute approximate surface area is 78.5 Å². The van der Waals surface area contributed by atoms with E-state index < -0.39 is 17.4 Å². The Kier molecular flexibility index (Phi) is 2.28. The summed E-state index contributed by atoms with van der Waals surface area (Å²) in [5, 5.41) is 9.59. The van der Waals surface area contributed by atoms with Gasteiger partial charge in [0.2, 0.25) is 0 Å². The third-order valence-electron chi connectivity index (χ3n) is 1.99. The first-order valence-corrected chi connectivity index (χ1v) is 4.44.